The maximum atomic E-state index is 13.8. The minimum absolute atomic E-state index is 0.370. The van der Waals surface area contributed by atoms with E-state index in [9.17, 15) is 9.67 Å². The first kappa shape index (κ1) is 18.1. The van der Waals surface area contributed by atoms with Gasteiger partial charge in [0.05, 0.1) is 19.8 Å². The Kier molecular flexibility index (Phi) is 6.12. The molecular weight excluding hydrogens is 325 g/mol. The second-order valence-corrected chi connectivity index (χ2v) is 9.43. The number of morpholine rings is 1. The highest BCUT2D eigenvalue weighted by molar-refractivity contribution is 7.68. The van der Waals surface area contributed by atoms with E-state index in [2.05, 4.69) is 4.90 Å². The standard InChI is InChI=1S/C18H28NO4P/c20-18(9-5-2-6-10-18)24(21,17-7-3-1-4-8-17)23-16-13-19-11-14-22-15-12-19/h1,3-4,7-8,20H,2,5-6,9-16H2. The van der Waals surface area contributed by atoms with Gasteiger partial charge in [-0.05, 0) is 37.8 Å². The van der Waals surface area contributed by atoms with Gasteiger partial charge in [0.25, 0.3) is 7.37 Å². The lowest BCUT2D eigenvalue weighted by Gasteiger charge is -2.39. The van der Waals surface area contributed by atoms with E-state index in [1.165, 1.54) is 0 Å². The van der Waals surface area contributed by atoms with E-state index in [4.69, 9.17) is 9.26 Å². The van der Waals surface area contributed by atoms with Gasteiger partial charge in [0.15, 0.2) is 0 Å². The minimum atomic E-state index is -3.33. The van der Waals surface area contributed by atoms with Gasteiger partial charge >= 0.3 is 0 Å². The fourth-order valence-corrected chi connectivity index (χ4v) is 6.27. The number of rotatable bonds is 6. The Hall–Kier alpha value is -0.710. The summed E-state index contributed by atoms with van der Waals surface area (Å²) in [6.45, 7) is 4.32. The van der Waals surface area contributed by atoms with E-state index in [-0.39, 0.29) is 0 Å². The molecule has 0 amide bonds. The third-order valence-corrected chi connectivity index (χ3v) is 8.15. The highest BCUT2D eigenvalue weighted by Gasteiger charge is 2.49. The largest absolute Gasteiger partial charge is 0.379 e. The van der Waals surface area contributed by atoms with Crippen molar-refractivity contribution in [2.45, 2.75) is 37.4 Å². The molecule has 1 unspecified atom stereocenters. The number of aliphatic hydroxyl groups is 1. The van der Waals surface area contributed by atoms with Crippen LogP contribution in [0.25, 0.3) is 0 Å². The van der Waals surface area contributed by atoms with Crippen LogP contribution in [0.2, 0.25) is 0 Å². The van der Waals surface area contributed by atoms with Gasteiger partial charge in [-0.1, -0.05) is 24.6 Å². The topological polar surface area (TPSA) is 59.0 Å². The van der Waals surface area contributed by atoms with E-state index >= 15 is 0 Å². The molecule has 1 saturated heterocycles. The van der Waals surface area contributed by atoms with Crippen molar-refractivity contribution < 1.29 is 18.9 Å². The molecule has 1 aromatic rings. The molecule has 1 aliphatic heterocycles. The lowest BCUT2D eigenvalue weighted by molar-refractivity contribution is 0.0289. The summed E-state index contributed by atoms with van der Waals surface area (Å²) in [7, 11) is -3.33. The maximum Gasteiger partial charge on any atom is 0.262 e. The number of nitrogens with zero attached hydrogens (tertiary/aromatic N) is 1. The Morgan fingerprint density at radius 2 is 1.79 bits per heavy atom. The average Bonchev–Trinajstić information content (AvgIpc) is 2.64. The fraction of sp³-hybridized carbons (Fsp3) is 0.667. The number of hydrogen-bond donors (Lipinski definition) is 1. The number of benzene rings is 1. The molecule has 1 aliphatic carbocycles. The van der Waals surface area contributed by atoms with Gasteiger partial charge in [0.1, 0.15) is 5.34 Å². The van der Waals surface area contributed by atoms with Crippen LogP contribution in [0.1, 0.15) is 32.1 Å². The predicted octanol–water partition coefficient (Wildman–Crippen LogP) is 2.59. The third kappa shape index (κ3) is 3.92. The zero-order chi connectivity index (χ0) is 16.9. The Morgan fingerprint density at radius 1 is 1.12 bits per heavy atom. The van der Waals surface area contributed by atoms with E-state index in [1.54, 1.807) is 0 Å². The van der Waals surface area contributed by atoms with Crippen LogP contribution in [0.15, 0.2) is 30.3 Å². The Balaban J connectivity index is 1.73. The van der Waals surface area contributed by atoms with Gasteiger partial charge < -0.3 is 14.4 Å². The molecule has 1 saturated carbocycles. The second kappa shape index (κ2) is 8.11. The SMILES string of the molecule is O=P(OCCN1CCOCC1)(c1ccccc1)C1(O)CCCCC1. The summed E-state index contributed by atoms with van der Waals surface area (Å²) in [5.74, 6) is 0. The fourth-order valence-electron chi connectivity index (χ4n) is 3.59. The van der Waals surface area contributed by atoms with Crippen molar-refractivity contribution >= 4 is 12.7 Å². The van der Waals surface area contributed by atoms with Crippen LogP contribution in [-0.2, 0) is 13.8 Å². The van der Waals surface area contributed by atoms with Crippen molar-refractivity contribution in [1.29, 1.82) is 0 Å². The van der Waals surface area contributed by atoms with Crippen molar-refractivity contribution in [3.8, 4) is 0 Å². The minimum Gasteiger partial charge on any atom is -0.379 e. The first-order valence-corrected chi connectivity index (χ1v) is 10.6. The van der Waals surface area contributed by atoms with Crippen LogP contribution in [0, 0.1) is 0 Å². The molecule has 24 heavy (non-hydrogen) atoms. The molecule has 0 bridgehead atoms. The maximum absolute atomic E-state index is 13.8. The summed E-state index contributed by atoms with van der Waals surface area (Å²) in [5, 5.41) is 10.6. The molecule has 6 heteroatoms. The first-order valence-electron chi connectivity index (χ1n) is 8.97. The lowest BCUT2D eigenvalue weighted by Crippen LogP contribution is -2.40. The van der Waals surface area contributed by atoms with Crippen molar-refractivity contribution in [3.05, 3.63) is 30.3 Å². The van der Waals surface area contributed by atoms with Crippen molar-refractivity contribution in [3.63, 3.8) is 0 Å². The zero-order valence-electron chi connectivity index (χ0n) is 14.2. The van der Waals surface area contributed by atoms with Crippen molar-refractivity contribution in [2.24, 2.45) is 0 Å². The van der Waals surface area contributed by atoms with E-state index in [0.717, 1.165) is 52.1 Å². The number of ether oxygens (including phenoxy) is 1. The molecule has 1 aromatic carbocycles. The molecule has 0 aromatic heterocycles. The molecule has 0 spiro atoms. The predicted molar refractivity (Wildman–Crippen MR) is 94.9 cm³/mol. The zero-order valence-corrected chi connectivity index (χ0v) is 15.1. The van der Waals surface area contributed by atoms with Crippen LogP contribution in [0.5, 0.6) is 0 Å². The molecule has 134 valence electrons. The highest BCUT2D eigenvalue weighted by atomic mass is 31.2. The van der Waals surface area contributed by atoms with Gasteiger partial charge in [0.2, 0.25) is 0 Å². The lowest BCUT2D eigenvalue weighted by atomic mass is 9.97. The summed E-state index contributed by atoms with van der Waals surface area (Å²) in [4.78, 5) is 2.25. The molecule has 1 heterocycles. The summed E-state index contributed by atoms with van der Waals surface area (Å²) in [6, 6.07) is 9.26. The third-order valence-electron chi connectivity index (χ3n) is 5.08. The van der Waals surface area contributed by atoms with E-state index in [0.29, 0.717) is 24.8 Å². The van der Waals surface area contributed by atoms with E-state index in [1.807, 2.05) is 30.3 Å². The van der Waals surface area contributed by atoms with Crippen molar-refractivity contribution in [2.75, 3.05) is 39.5 Å². The van der Waals surface area contributed by atoms with Gasteiger partial charge in [-0.2, -0.15) is 0 Å². The van der Waals surface area contributed by atoms with Crippen LogP contribution in [-0.4, -0.2) is 54.8 Å². The average molecular weight is 353 g/mol. The molecule has 0 radical (unpaired) electrons. The molecule has 1 N–H and O–H groups in total. The Labute approximate surface area is 144 Å². The van der Waals surface area contributed by atoms with Gasteiger partial charge in [0, 0.05) is 24.9 Å². The van der Waals surface area contributed by atoms with Crippen LogP contribution < -0.4 is 5.30 Å². The number of hydrogen-bond acceptors (Lipinski definition) is 5. The summed E-state index contributed by atoms with van der Waals surface area (Å²) in [5.41, 5.74) is 0. The molecule has 2 aliphatic rings. The van der Waals surface area contributed by atoms with Gasteiger partial charge in [-0.3, -0.25) is 9.46 Å². The molecule has 2 fully saturated rings. The summed E-state index contributed by atoms with van der Waals surface area (Å²) < 4.78 is 25.2. The highest BCUT2D eigenvalue weighted by Crippen LogP contribution is 2.61. The Bertz CT molecular complexity index is 553. The van der Waals surface area contributed by atoms with Crippen LogP contribution in [0.3, 0.4) is 0 Å². The monoisotopic (exact) mass is 353 g/mol. The van der Waals surface area contributed by atoms with Gasteiger partial charge in [-0.25, -0.2) is 0 Å². The van der Waals surface area contributed by atoms with Gasteiger partial charge in [-0.15, -0.1) is 0 Å². The van der Waals surface area contributed by atoms with Crippen molar-refractivity contribution in [1.82, 2.24) is 4.90 Å². The normalized spacial score (nSPS) is 24.4. The summed E-state index contributed by atoms with van der Waals surface area (Å²) >= 11 is 0. The quantitative estimate of drug-likeness (QED) is 0.797. The van der Waals surface area contributed by atoms with Crippen LogP contribution >= 0.6 is 7.37 Å². The second-order valence-electron chi connectivity index (χ2n) is 6.72. The molecule has 1 atom stereocenters. The summed E-state index contributed by atoms with van der Waals surface area (Å²) in [6.07, 6.45) is 4.00. The molecule has 5 nitrogen and oxygen atoms in total. The Morgan fingerprint density at radius 3 is 2.46 bits per heavy atom. The van der Waals surface area contributed by atoms with E-state index < -0.39 is 12.7 Å². The molecule has 3 rings (SSSR count). The molecular formula is C18H28NO4P. The first-order chi connectivity index (χ1) is 11.6. The van der Waals surface area contributed by atoms with Crippen LogP contribution in [0.4, 0.5) is 0 Å². The smallest absolute Gasteiger partial charge is 0.262 e.